The van der Waals surface area contributed by atoms with Crippen molar-refractivity contribution < 1.29 is 14.4 Å². The van der Waals surface area contributed by atoms with Crippen LogP contribution in [0.2, 0.25) is 0 Å². The van der Waals surface area contributed by atoms with E-state index in [0.29, 0.717) is 0 Å². The molecule has 0 aliphatic carbocycles. The summed E-state index contributed by atoms with van der Waals surface area (Å²) in [6.07, 6.45) is -0.137. The van der Waals surface area contributed by atoms with E-state index in [-0.39, 0.29) is 43.5 Å². The Morgan fingerprint density at radius 2 is 2.24 bits per heavy atom. The third kappa shape index (κ3) is 3.70. The lowest BCUT2D eigenvalue weighted by Crippen LogP contribution is -2.47. The molecule has 1 fully saturated rings. The van der Waals surface area contributed by atoms with E-state index in [0.717, 1.165) is 0 Å². The molecule has 7 nitrogen and oxygen atoms in total. The maximum Gasteiger partial charge on any atom is 0.240 e. The topological polar surface area (TPSA) is 105 Å². The number of hydrogen-bond donors (Lipinski definition) is 3. The van der Waals surface area contributed by atoms with Crippen LogP contribution in [-0.4, -0.2) is 48.4 Å². The van der Waals surface area contributed by atoms with Crippen molar-refractivity contribution in [3.63, 3.8) is 0 Å². The Kier molecular flexibility index (Phi) is 4.45. The molecule has 0 spiro atoms. The zero-order valence-corrected chi connectivity index (χ0v) is 10.0. The molecule has 1 aliphatic rings. The molecule has 0 aromatic carbocycles. The molecular weight excluding hydrogens is 224 g/mol. The standard InChI is InChI=1S/C10H18N4O3/c1-6(2)10-13-4-9(17)14(10)5-8(16)12-3-7(11)15/h6,10,13H,3-5H2,1-2H3,(H2,11,15)(H,12,16). The van der Waals surface area contributed by atoms with Crippen LogP contribution in [0.25, 0.3) is 0 Å². The molecule has 96 valence electrons. The Morgan fingerprint density at radius 1 is 1.59 bits per heavy atom. The second-order valence-corrected chi connectivity index (χ2v) is 4.33. The van der Waals surface area contributed by atoms with Crippen molar-refractivity contribution in [3.8, 4) is 0 Å². The van der Waals surface area contributed by atoms with E-state index >= 15 is 0 Å². The summed E-state index contributed by atoms with van der Waals surface area (Å²) in [5.74, 6) is -0.889. The first-order chi connectivity index (χ1) is 7.91. The summed E-state index contributed by atoms with van der Waals surface area (Å²) in [6, 6.07) is 0. The fourth-order valence-corrected chi connectivity index (χ4v) is 1.74. The molecular formula is C10H18N4O3. The van der Waals surface area contributed by atoms with E-state index in [9.17, 15) is 14.4 Å². The Bertz CT molecular complexity index is 330. The highest BCUT2D eigenvalue weighted by Gasteiger charge is 2.33. The van der Waals surface area contributed by atoms with Crippen LogP contribution in [-0.2, 0) is 14.4 Å². The quantitative estimate of drug-likeness (QED) is 0.518. The molecule has 0 aromatic rings. The highest BCUT2D eigenvalue weighted by atomic mass is 16.2. The van der Waals surface area contributed by atoms with Gasteiger partial charge in [0.25, 0.3) is 0 Å². The zero-order valence-electron chi connectivity index (χ0n) is 10.0. The van der Waals surface area contributed by atoms with Gasteiger partial charge in [0.2, 0.25) is 17.7 Å². The van der Waals surface area contributed by atoms with Crippen LogP contribution in [0.3, 0.4) is 0 Å². The zero-order chi connectivity index (χ0) is 13.0. The van der Waals surface area contributed by atoms with Crippen molar-refractivity contribution >= 4 is 17.7 Å². The van der Waals surface area contributed by atoms with Crippen LogP contribution in [0.5, 0.6) is 0 Å². The monoisotopic (exact) mass is 242 g/mol. The molecule has 1 aliphatic heterocycles. The van der Waals surface area contributed by atoms with Crippen LogP contribution in [0.1, 0.15) is 13.8 Å². The summed E-state index contributed by atoms with van der Waals surface area (Å²) < 4.78 is 0. The molecule has 1 unspecified atom stereocenters. The lowest BCUT2D eigenvalue weighted by atomic mass is 10.1. The van der Waals surface area contributed by atoms with Crippen LogP contribution >= 0.6 is 0 Å². The Balaban J connectivity index is 2.50. The normalized spacial score (nSPS) is 19.8. The maximum absolute atomic E-state index is 11.6. The smallest absolute Gasteiger partial charge is 0.240 e. The van der Waals surface area contributed by atoms with Gasteiger partial charge in [0.15, 0.2) is 0 Å². The van der Waals surface area contributed by atoms with Gasteiger partial charge in [-0.2, -0.15) is 0 Å². The van der Waals surface area contributed by atoms with Gasteiger partial charge in [0, 0.05) is 0 Å². The van der Waals surface area contributed by atoms with E-state index in [1.54, 1.807) is 0 Å². The third-order valence-corrected chi connectivity index (χ3v) is 2.52. The van der Waals surface area contributed by atoms with Crippen molar-refractivity contribution in [1.82, 2.24) is 15.5 Å². The Labute approximate surface area is 99.7 Å². The SMILES string of the molecule is CC(C)C1NCC(=O)N1CC(=O)NCC(N)=O. The molecule has 3 amide bonds. The average molecular weight is 242 g/mol. The van der Waals surface area contributed by atoms with Crippen LogP contribution in [0.15, 0.2) is 0 Å². The first kappa shape index (κ1) is 13.4. The van der Waals surface area contributed by atoms with Crippen LogP contribution < -0.4 is 16.4 Å². The summed E-state index contributed by atoms with van der Waals surface area (Å²) in [4.78, 5) is 35.0. The average Bonchev–Trinajstić information content (AvgIpc) is 2.58. The van der Waals surface area contributed by atoms with Crippen LogP contribution in [0, 0.1) is 5.92 Å². The molecule has 1 atom stereocenters. The number of nitrogens with one attached hydrogen (secondary N) is 2. The van der Waals surface area contributed by atoms with Gasteiger partial charge in [-0.25, -0.2) is 0 Å². The van der Waals surface area contributed by atoms with Gasteiger partial charge in [0.05, 0.1) is 19.3 Å². The van der Waals surface area contributed by atoms with Crippen molar-refractivity contribution in [1.29, 1.82) is 0 Å². The molecule has 1 saturated heterocycles. The van der Waals surface area contributed by atoms with Crippen LogP contribution in [0.4, 0.5) is 0 Å². The predicted molar refractivity (Wildman–Crippen MR) is 60.5 cm³/mol. The van der Waals surface area contributed by atoms with Crippen molar-refractivity contribution in [2.45, 2.75) is 20.0 Å². The minimum absolute atomic E-state index is 0.0536. The van der Waals surface area contributed by atoms with E-state index in [2.05, 4.69) is 10.6 Å². The molecule has 7 heteroatoms. The molecule has 17 heavy (non-hydrogen) atoms. The van der Waals surface area contributed by atoms with E-state index in [4.69, 9.17) is 5.73 Å². The van der Waals surface area contributed by atoms with Crippen molar-refractivity contribution in [2.24, 2.45) is 11.7 Å². The van der Waals surface area contributed by atoms with E-state index < -0.39 is 5.91 Å². The number of carbonyl (C=O) groups is 3. The summed E-state index contributed by atoms with van der Waals surface area (Å²) in [7, 11) is 0. The number of nitrogens with two attached hydrogens (primary N) is 1. The lowest BCUT2D eigenvalue weighted by Gasteiger charge is -2.26. The minimum Gasteiger partial charge on any atom is -0.368 e. The number of primary amides is 1. The summed E-state index contributed by atoms with van der Waals surface area (Å²) in [6.45, 7) is 3.91. The van der Waals surface area contributed by atoms with E-state index in [1.165, 1.54) is 4.90 Å². The molecule has 4 N–H and O–H groups in total. The fraction of sp³-hybridized carbons (Fsp3) is 0.700. The van der Waals surface area contributed by atoms with E-state index in [1.807, 2.05) is 13.8 Å². The number of carbonyl (C=O) groups excluding carboxylic acids is 3. The first-order valence-corrected chi connectivity index (χ1v) is 5.49. The van der Waals surface area contributed by atoms with Crippen molar-refractivity contribution in [2.75, 3.05) is 19.6 Å². The highest BCUT2D eigenvalue weighted by Crippen LogP contribution is 2.12. The van der Waals surface area contributed by atoms with Gasteiger partial charge in [-0.1, -0.05) is 13.8 Å². The number of rotatable bonds is 5. The second-order valence-electron chi connectivity index (χ2n) is 4.33. The van der Waals surface area contributed by atoms with Gasteiger partial charge >= 0.3 is 0 Å². The maximum atomic E-state index is 11.6. The molecule has 0 aromatic heterocycles. The number of nitrogens with zero attached hydrogens (tertiary/aromatic N) is 1. The summed E-state index contributed by atoms with van der Waals surface area (Å²) >= 11 is 0. The summed E-state index contributed by atoms with van der Waals surface area (Å²) in [5.41, 5.74) is 4.91. The minimum atomic E-state index is -0.607. The van der Waals surface area contributed by atoms with Gasteiger partial charge in [-0.05, 0) is 5.92 Å². The van der Waals surface area contributed by atoms with Gasteiger partial charge in [0.1, 0.15) is 6.54 Å². The predicted octanol–water partition coefficient (Wildman–Crippen LogP) is -2.00. The van der Waals surface area contributed by atoms with Gasteiger partial charge in [-0.3, -0.25) is 19.7 Å². The molecule has 0 saturated carbocycles. The highest BCUT2D eigenvalue weighted by molar-refractivity contribution is 5.89. The Hall–Kier alpha value is -1.63. The molecule has 1 rings (SSSR count). The number of hydrogen-bond acceptors (Lipinski definition) is 4. The van der Waals surface area contributed by atoms with Crippen molar-refractivity contribution in [3.05, 3.63) is 0 Å². The second kappa shape index (κ2) is 5.62. The first-order valence-electron chi connectivity index (χ1n) is 5.49. The largest absolute Gasteiger partial charge is 0.368 e. The third-order valence-electron chi connectivity index (χ3n) is 2.52. The molecule has 0 bridgehead atoms. The lowest BCUT2D eigenvalue weighted by molar-refractivity contribution is -0.134. The molecule has 1 heterocycles. The van der Waals surface area contributed by atoms with Gasteiger partial charge in [-0.15, -0.1) is 0 Å². The molecule has 0 radical (unpaired) electrons. The Morgan fingerprint density at radius 3 is 2.76 bits per heavy atom. The van der Waals surface area contributed by atoms with Gasteiger partial charge < -0.3 is 16.0 Å². The fourth-order valence-electron chi connectivity index (χ4n) is 1.74. The number of amides is 3. The summed E-state index contributed by atoms with van der Waals surface area (Å²) in [5, 5.41) is 5.38.